The third kappa shape index (κ3) is 0.766. The van der Waals surface area contributed by atoms with Gasteiger partial charge in [-0.15, -0.1) is 0 Å². The van der Waals surface area contributed by atoms with E-state index in [4.69, 9.17) is 4.42 Å². The quantitative estimate of drug-likeness (QED) is 0.557. The molecule has 1 heterocycles. The molecule has 0 atom stereocenters. The van der Waals surface area contributed by atoms with Gasteiger partial charge in [0.2, 0.25) is 0 Å². The lowest BCUT2D eigenvalue weighted by atomic mass is 10.2. The Labute approximate surface area is 54.7 Å². The van der Waals surface area contributed by atoms with E-state index in [2.05, 4.69) is 6.92 Å². The van der Waals surface area contributed by atoms with Crippen molar-refractivity contribution in [2.75, 3.05) is 0 Å². The Kier molecular flexibility index (Phi) is 0.922. The summed E-state index contributed by atoms with van der Waals surface area (Å²) >= 11 is 0. The molecule has 0 radical (unpaired) electrons. The van der Waals surface area contributed by atoms with Crippen molar-refractivity contribution < 1.29 is 4.42 Å². The maximum absolute atomic E-state index is 5.29. The summed E-state index contributed by atoms with van der Waals surface area (Å²) < 4.78 is 5.29. The minimum Gasteiger partial charge on any atom is -0.469 e. The second-order valence-electron chi connectivity index (χ2n) is 2.74. The Balaban J connectivity index is 2.35. The molecule has 0 bridgehead atoms. The highest BCUT2D eigenvalue weighted by Crippen LogP contribution is 2.41. The monoisotopic (exact) mass is 122 g/mol. The molecule has 1 aromatic rings. The summed E-state index contributed by atoms with van der Waals surface area (Å²) in [7, 11) is 0. The van der Waals surface area contributed by atoms with Crippen LogP contribution in [0.2, 0.25) is 0 Å². The topological polar surface area (TPSA) is 13.1 Å². The summed E-state index contributed by atoms with van der Waals surface area (Å²) in [6, 6.07) is 2.04. The molecule has 0 spiro atoms. The lowest BCUT2D eigenvalue weighted by molar-refractivity contribution is 0.509. The maximum atomic E-state index is 5.29. The van der Waals surface area contributed by atoms with Crippen LogP contribution < -0.4 is 0 Å². The lowest BCUT2D eigenvalue weighted by Gasteiger charge is -1.89. The van der Waals surface area contributed by atoms with Gasteiger partial charge in [0.1, 0.15) is 5.76 Å². The number of aryl methyl sites for hydroxylation is 1. The fraction of sp³-hybridized carbons (Fsp3) is 0.500. The van der Waals surface area contributed by atoms with E-state index < -0.39 is 0 Å². The number of furan rings is 1. The first kappa shape index (κ1) is 5.10. The van der Waals surface area contributed by atoms with Crippen LogP contribution in [0.4, 0.5) is 0 Å². The molecule has 48 valence electrons. The molecule has 1 fully saturated rings. The number of rotatable bonds is 1. The van der Waals surface area contributed by atoms with E-state index in [1.807, 2.05) is 6.07 Å². The van der Waals surface area contributed by atoms with Crippen molar-refractivity contribution in [3.8, 4) is 0 Å². The van der Waals surface area contributed by atoms with E-state index >= 15 is 0 Å². The third-order valence-corrected chi connectivity index (χ3v) is 1.85. The van der Waals surface area contributed by atoms with Crippen LogP contribution in [0.25, 0.3) is 0 Å². The molecule has 0 N–H and O–H groups in total. The van der Waals surface area contributed by atoms with E-state index in [0.29, 0.717) is 0 Å². The van der Waals surface area contributed by atoms with Gasteiger partial charge >= 0.3 is 0 Å². The van der Waals surface area contributed by atoms with Gasteiger partial charge in [-0.05, 0) is 31.4 Å². The van der Waals surface area contributed by atoms with Crippen LogP contribution in [-0.2, 0) is 0 Å². The first-order chi connectivity index (χ1) is 4.38. The highest BCUT2D eigenvalue weighted by atomic mass is 16.3. The number of hydrogen-bond donors (Lipinski definition) is 0. The highest BCUT2D eigenvalue weighted by Gasteiger charge is 2.27. The molecule has 0 unspecified atom stereocenters. The van der Waals surface area contributed by atoms with Crippen molar-refractivity contribution in [3.05, 3.63) is 23.7 Å². The zero-order valence-electron chi connectivity index (χ0n) is 5.55. The molecular weight excluding hydrogens is 112 g/mol. The molecule has 1 heteroatoms. The van der Waals surface area contributed by atoms with E-state index in [0.717, 1.165) is 5.92 Å². The molecule has 9 heavy (non-hydrogen) atoms. The van der Waals surface area contributed by atoms with Crippen LogP contribution in [0.15, 0.2) is 16.7 Å². The van der Waals surface area contributed by atoms with E-state index in [-0.39, 0.29) is 0 Å². The van der Waals surface area contributed by atoms with Crippen LogP contribution in [0, 0.1) is 6.92 Å². The second-order valence-corrected chi connectivity index (χ2v) is 2.74. The smallest absolute Gasteiger partial charge is 0.109 e. The van der Waals surface area contributed by atoms with E-state index in [9.17, 15) is 0 Å². The Morgan fingerprint density at radius 2 is 2.33 bits per heavy atom. The van der Waals surface area contributed by atoms with Crippen molar-refractivity contribution in [2.45, 2.75) is 25.7 Å². The van der Waals surface area contributed by atoms with Gasteiger partial charge in [-0.2, -0.15) is 0 Å². The van der Waals surface area contributed by atoms with Crippen molar-refractivity contribution in [1.29, 1.82) is 0 Å². The summed E-state index contributed by atoms with van der Waals surface area (Å²) in [6.45, 7) is 2.11. The van der Waals surface area contributed by atoms with Crippen LogP contribution in [0.1, 0.15) is 30.1 Å². The van der Waals surface area contributed by atoms with Crippen molar-refractivity contribution in [1.82, 2.24) is 0 Å². The van der Waals surface area contributed by atoms with Crippen molar-refractivity contribution in [3.63, 3.8) is 0 Å². The molecule has 1 saturated carbocycles. The van der Waals surface area contributed by atoms with Crippen LogP contribution in [0.5, 0.6) is 0 Å². The van der Waals surface area contributed by atoms with Gasteiger partial charge in [0.05, 0.1) is 6.26 Å². The molecule has 1 aliphatic carbocycles. The summed E-state index contributed by atoms with van der Waals surface area (Å²) in [5, 5.41) is 0. The zero-order chi connectivity index (χ0) is 6.27. The normalized spacial score (nSPS) is 18.3. The van der Waals surface area contributed by atoms with Gasteiger partial charge in [-0.25, -0.2) is 0 Å². The molecule has 1 nitrogen and oxygen atoms in total. The average molecular weight is 122 g/mol. The highest BCUT2D eigenvalue weighted by molar-refractivity contribution is 5.22. The van der Waals surface area contributed by atoms with E-state index in [1.165, 1.54) is 24.2 Å². The molecule has 0 aliphatic heterocycles. The minimum absolute atomic E-state index is 0.764. The maximum Gasteiger partial charge on any atom is 0.109 e. The predicted octanol–water partition coefficient (Wildman–Crippen LogP) is 2.47. The van der Waals surface area contributed by atoms with Gasteiger partial charge in [-0.1, -0.05) is 0 Å². The number of hydrogen-bond acceptors (Lipinski definition) is 1. The molecule has 0 saturated heterocycles. The first-order valence-electron chi connectivity index (χ1n) is 3.42. The summed E-state index contributed by atoms with van der Waals surface area (Å²) in [4.78, 5) is 0. The molecule has 2 rings (SSSR count). The standard InChI is InChI=1S/C8H10O/c1-6-4-5-9-8(6)7-2-3-7/h4-5,7H,2-3H2,1H3. The Morgan fingerprint density at radius 1 is 1.56 bits per heavy atom. The lowest BCUT2D eigenvalue weighted by Crippen LogP contribution is -1.75. The van der Waals surface area contributed by atoms with Crippen molar-refractivity contribution in [2.24, 2.45) is 0 Å². The Bertz CT molecular complexity index is 208. The molecule has 1 aliphatic rings. The minimum atomic E-state index is 0.764. The van der Waals surface area contributed by atoms with Crippen LogP contribution >= 0.6 is 0 Å². The summed E-state index contributed by atoms with van der Waals surface area (Å²) in [5.41, 5.74) is 1.32. The average Bonchev–Trinajstić information content (AvgIpc) is 2.58. The zero-order valence-corrected chi connectivity index (χ0v) is 5.55. The van der Waals surface area contributed by atoms with Gasteiger partial charge in [0.25, 0.3) is 0 Å². The molecule has 0 amide bonds. The molecule has 1 aromatic heterocycles. The molecular formula is C8H10O. The Hall–Kier alpha value is -0.720. The SMILES string of the molecule is Cc1ccoc1C1CC1. The Morgan fingerprint density at radius 3 is 2.78 bits per heavy atom. The summed E-state index contributed by atoms with van der Waals surface area (Å²) in [5.74, 6) is 1.98. The largest absolute Gasteiger partial charge is 0.469 e. The van der Waals surface area contributed by atoms with E-state index in [1.54, 1.807) is 6.26 Å². The van der Waals surface area contributed by atoms with Crippen LogP contribution in [-0.4, -0.2) is 0 Å². The van der Waals surface area contributed by atoms with Crippen LogP contribution in [0.3, 0.4) is 0 Å². The third-order valence-electron chi connectivity index (χ3n) is 1.85. The fourth-order valence-corrected chi connectivity index (χ4v) is 1.15. The van der Waals surface area contributed by atoms with Gasteiger partial charge in [-0.3, -0.25) is 0 Å². The second kappa shape index (κ2) is 1.63. The fourth-order valence-electron chi connectivity index (χ4n) is 1.15. The first-order valence-corrected chi connectivity index (χ1v) is 3.42. The predicted molar refractivity (Wildman–Crippen MR) is 35.4 cm³/mol. The van der Waals surface area contributed by atoms with Gasteiger partial charge in [0.15, 0.2) is 0 Å². The van der Waals surface area contributed by atoms with Gasteiger partial charge in [0, 0.05) is 5.92 Å². The van der Waals surface area contributed by atoms with Gasteiger partial charge < -0.3 is 4.42 Å². The summed E-state index contributed by atoms with van der Waals surface area (Å²) in [6.07, 6.45) is 4.44. The molecule has 0 aromatic carbocycles. The van der Waals surface area contributed by atoms with Crippen molar-refractivity contribution >= 4 is 0 Å².